The minimum Gasteiger partial charge on any atom is -0.399 e. The molecule has 0 saturated carbocycles. The molecule has 18 heavy (non-hydrogen) atoms. The van der Waals surface area contributed by atoms with Crippen molar-refractivity contribution in [2.45, 2.75) is 11.8 Å². The minimum atomic E-state index is 0.791. The first-order valence-electron chi connectivity index (χ1n) is 5.38. The molecule has 4 heteroatoms. The van der Waals surface area contributed by atoms with Gasteiger partial charge in [-0.15, -0.1) is 0 Å². The number of anilines is 2. The Hall–Kier alpha value is -1.52. The summed E-state index contributed by atoms with van der Waals surface area (Å²) in [6, 6.07) is 16.1. The van der Waals surface area contributed by atoms with Crippen LogP contribution in [0.25, 0.3) is 0 Å². The molecular weight excluding hydrogens is 260 g/mol. The fourth-order valence-corrected chi connectivity index (χ4v) is 1.92. The van der Waals surface area contributed by atoms with Gasteiger partial charge in [-0.2, -0.15) is 0 Å². The van der Waals surface area contributed by atoms with Crippen molar-refractivity contribution in [3.63, 3.8) is 0 Å². The van der Waals surface area contributed by atoms with Gasteiger partial charge < -0.3 is 10.5 Å². The highest BCUT2D eigenvalue weighted by Gasteiger charge is 1.94. The van der Waals surface area contributed by atoms with Gasteiger partial charge in [0.05, 0.1) is 0 Å². The van der Waals surface area contributed by atoms with E-state index in [1.807, 2.05) is 24.3 Å². The van der Waals surface area contributed by atoms with Crippen LogP contribution in [0, 0.1) is 6.92 Å². The Bertz CT molecular complexity index is 421. The monoisotopic (exact) mass is 276 g/mol. The van der Waals surface area contributed by atoms with Crippen molar-refractivity contribution < 1.29 is 0 Å². The quantitative estimate of drug-likeness (QED) is 0.497. The maximum atomic E-state index is 5.62. The van der Waals surface area contributed by atoms with Crippen LogP contribution < -0.4 is 10.5 Å². The van der Waals surface area contributed by atoms with Crippen LogP contribution in [0.2, 0.25) is 0 Å². The molecule has 94 valence electrons. The van der Waals surface area contributed by atoms with Crippen LogP contribution >= 0.6 is 24.2 Å². The van der Waals surface area contributed by atoms with Crippen molar-refractivity contribution in [1.29, 1.82) is 0 Å². The molecule has 0 spiro atoms. The first-order chi connectivity index (χ1) is 8.74. The maximum absolute atomic E-state index is 5.62. The molecular formula is C14H16N2S2. The van der Waals surface area contributed by atoms with Gasteiger partial charge in [0.15, 0.2) is 0 Å². The van der Waals surface area contributed by atoms with E-state index < -0.39 is 0 Å². The summed E-state index contributed by atoms with van der Waals surface area (Å²) in [5.74, 6) is 2.83. The Morgan fingerprint density at radius 1 is 1.00 bits per heavy atom. The van der Waals surface area contributed by atoms with Crippen molar-refractivity contribution in [3.05, 3.63) is 54.1 Å². The van der Waals surface area contributed by atoms with Gasteiger partial charge in [0.25, 0.3) is 0 Å². The fraction of sp³-hybridized carbons (Fsp3) is 0.0714. The van der Waals surface area contributed by atoms with Gasteiger partial charge in [0.1, 0.15) is 0 Å². The molecule has 0 bridgehead atoms. The Morgan fingerprint density at radius 2 is 1.56 bits per heavy atom. The van der Waals surface area contributed by atoms with Crippen LogP contribution in [-0.4, -0.2) is 5.87 Å². The average molecular weight is 276 g/mol. The van der Waals surface area contributed by atoms with Crippen LogP contribution in [0.15, 0.2) is 53.4 Å². The number of aryl methyl sites for hydroxylation is 1. The van der Waals surface area contributed by atoms with Crippen LogP contribution in [0.5, 0.6) is 0 Å². The topological polar surface area (TPSA) is 38.0 Å². The minimum absolute atomic E-state index is 0.791. The molecule has 0 radical (unpaired) electrons. The van der Waals surface area contributed by atoms with E-state index in [4.69, 9.17) is 5.73 Å². The summed E-state index contributed by atoms with van der Waals surface area (Å²) in [5.41, 5.74) is 8.78. The van der Waals surface area contributed by atoms with Crippen LogP contribution in [0.1, 0.15) is 5.56 Å². The second-order valence-electron chi connectivity index (χ2n) is 3.64. The summed E-state index contributed by atoms with van der Waals surface area (Å²) in [6.07, 6.45) is 0. The molecule has 0 fully saturated rings. The molecule has 0 atom stereocenters. The van der Waals surface area contributed by atoms with Gasteiger partial charge in [0, 0.05) is 16.3 Å². The van der Waals surface area contributed by atoms with E-state index in [1.54, 1.807) is 11.9 Å². The van der Waals surface area contributed by atoms with Crippen molar-refractivity contribution in [1.82, 2.24) is 0 Å². The standard InChI is InChI=1S/C13H14N2S.CH2S/c1-10-2-6-12(7-3-10)15-16-13-8-4-11(14)5-9-13;1-2/h2-9,15H,14H2,1H3;1H2. The molecule has 2 nitrogen and oxygen atoms in total. The summed E-state index contributed by atoms with van der Waals surface area (Å²) < 4.78 is 3.28. The van der Waals surface area contributed by atoms with Gasteiger partial charge in [-0.05, 0) is 61.1 Å². The lowest BCUT2D eigenvalue weighted by Gasteiger charge is -2.05. The molecule has 0 aliphatic carbocycles. The first kappa shape index (κ1) is 14.5. The Morgan fingerprint density at radius 3 is 2.11 bits per heavy atom. The highest BCUT2D eigenvalue weighted by molar-refractivity contribution is 8.00. The van der Waals surface area contributed by atoms with Gasteiger partial charge in [-0.25, -0.2) is 0 Å². The smallest absolute Gasteiger partial charge is 0.0443 e. The summed E-state index contributed by atoms with van der Waals surface area (Å²) in [7, 11) is 0. The normalized spacial score (nSPS) is 9.17. The number of nitrogen functional groups attached to an aromatic ring is 1. The molecule has 2 aromatic carbocycles. The van der Waals surface area contributed by atoms with E-state index in [2.05, 4.69) is 54.0 Å². The van der Waals surface area contributed by atoms with E-state index in [1.165, 1.54) is 5.56 Å². The van der Waals surface area contributed by atoms with E-state index in [0.29, 0.717) is 0 Å². The molecule has 0 unspecified atom stereocenters. The van der Waals surface area contributed by atoms with Gasteiger partial charge in [-0.1, -0.05) is 29.9 Å². The number of benzene rings is 2. The Kier molecular flexibility index (Phi) is 6.25. The van der Waals surface area contributed by atoms with Crippen molar-refractivity contribution >= 4 is 41.4 Å². The predicted molar refractivity (Wildman–Crippen MR) is 86.2 cm³/mol. The molecule has 3 N–H and O–H groups in total. The lowest BCUT2D eigenvalue weighted by Crippen LogP contribution is -1.87. The van der Waals surface area contributed by atoms with E-state index >= 15 is 0 Å². The second kappa shape index (κ2) is 7.74. The van der Waals surface area contributed by atoms with Gasteiger partial charge >= 0.3 is 0 Å². The van der Waals surface area contributed by atoms with Crippen molar-refractivity contribution in [3.8, 4) is 0 Å². The Labute approximate surface area is 118 Å². The average Bonchev–Trinajstić information content (AvgIpc) is 2.42. The third-order valence-corrected chi connectivity index (χ3v) is 3.06. The van der Waals surface area contributed by atoms with Crippen LogP contribution in [-0.2, 0) is 0 Å². The fourth-order valence-electron chi connectivity index (χ4n) is 1.28. The molecule has 0 aliphatic heterocycles. The number of hydrogen-bond acceptors (Lipinski definition) is 4. The lowest BCUT2D eigenvalue weighted by molar-refractivity contribution is 1.45. The number of nitrogens with one attached hydrogen (secondary N) is 1. The number of rotatable bonds is 3. The SMILES string of the molecule is C=S.Cc1ccc(NSc2ccc(N)cc2)cc1. The molecule has 2 aromatic rings. The number of hydrogen-bond donors (Lipinski definition) is 2. The zero-order valence-corrected chi connectivity index (χ0v) is 11.9. The maximum Gasteiger partial charge on any atom is 0.0443 e. The molecule has 0 saturated heterocycles. The third-order valence-electron chi connectivity index (χ3n) is 2.22. The number of thiocarbonyl (C=S) groups is 1. The largest absolute Gasteiger partial charge is 0.399 e. The first-order valence-corrected chi connectivity index (χ1v) is 6.77. The van der Waals surface area contributed by atoms with Crippen LogP contribution in [0.3, 0.4) is 0 Å². The zero-order valence-electron chi connectivity index (χ0n) is 10.2. The lowest BCUT2D eigenvalue weighted by atomic mass is 10.2. The van der Waals surface area contributed by atoms with Crippen molar-refractivity contribution in [2.75, 3.05) is 10.5 Å². The predicted octanol–water partition coefficient (Wildman–Crippen LogP) is 4.31. The summed E-state index contributed by atoms with van der Waals surface area (Å²) in [6.45, 7) is 2.08. The van der Waals surface area contributed by atoms with Gasteiger partial charge in [-0.3, -0.25) is 0 Å². The van der Waals surface area contributed by atoms with E-state index in [9.17, 15) is 0 Å². The number of nitrogens with two attached hydrogens (primary N) is 1. The molecule has 0 amide bonds. The molecule has 0 aliphatic rings. The highest BCUT2D eigenvalue weighted by Crippen LogP contribution is 2.21. The zero-order chi connectivity index (χ0) is 13.4. The molecule has 0 heterocycles. The molecule has 0 aromatic heterocycles. The summed E-state index contributed by atoms with van der Waals surface area (Å²) >= 11 is 5.42. The van der Waals surface area contributed by atoms with E-state index in [-0.39, 0.29) is 0 Å². The van der Waals surface area contributed by atoms with Crippen molar-refractivity contribution in [2.24, 2.45) is 0 Å². The van der Waals surface area contributed by atoms with E-state index in [0.717, 1.165) is 16.3 Å². The van der Waals surface area contributed by atoms with Gasteiger partial charge in [0.2, 0.25) is 0 Å². The van der Waals surface area contributed by atoms with Crippen LogP contribution in [0.4, 0.5) is 11.4 Å². The Balaban J connectivity index is 0.000000771. The summed E-state index contributed by atoms with van der Waals surface area (Å²) in [5, 5.41) is 0. The third kappa shape index (κ3) is 4.77. The highest BCUT2D eigenvalue weighted by atomic mass is 32.2. The molecule has 2 rings (SSSR count). The second-order valence-corrected chi connectivity index (χ2v) is 4.52. The summed E-state index contributed by atoms with van der Waals surface area (Å²) in [4.78, 5) is 1.15.